The molecule has 0 aromatic carbocycles. The number of hydrogen-bond acceptors (Lipinski definition) is 4. The molecule has 1 heterocycles. The molecule has 1 rings (SSSR count). The molecule has 0 saturated carbocycles. The van der Waals surface area contributed by atoms with Gasteiger partial charge in [0.1, 0.15) is 5.82 Å². The maximum Gasteiger partial charge on any atom is 0.125 e. The minimum absolute atomic E-state index is 0.646. The Labute approximate surface area is 122 Å². The molecule has 1 N–H and O–H groups in total. The van der Waals surface area contributed by atoms with Crippen molar-refractivity contribution >= 4 is 17.6 Å². The first kappa shape index (κ1) is 16.3. The minimum atomic E-state index is 0.646. The van der Waals surface area contributed by atoms with Crippen molar-refractivity contribution in [1.82, 2.24) is 9.88 Å². The third kappa shape index (κ3) is 5.83. The van der Waals surface area contributed by atoms with Crippen LogP contribution in [0.5, 0.6) is 0 Å². The standard InChI is InChI=1S/C15H27N3S/c1-5-9-16-15-8-7-13(10-17-15)11-18(3)14(6-2)12-19-4/h7-8,10,14H,5-6,9,11-12H2,1-4H3,(H,16,17). The molecule has 108 valence electrons. The van der Waals surface area contributed by atoms with E-state index in [9.17, 15) is 0 Å². The highest BCUT2D eigenvalue weighted by molar-refractivity contribution is 7.98. The number of nitrogens with one attached hydrogen (secondary N) is 1. The normalized spacial score (nSPS) is 12.7. The lowest BCUT2D eigenvalue weighted by atomic mass is 10.2. The SMILES string of the molecule is CCCNc1ccc(CN(C)C(CC)CSC)cn1. The average molecular weight is 281 g/mol. The summed E-state index contributed by atoms with van der Waals surface area (Å²) < 4.78 is 0. The van der Waals surface area contributed by atoms with Gasteiger partial charge in [-0.15, -0.1) is 0 Å². The van der Waals surface area contributed by atoms with E-state index in [2.05, 4.69) is 54.5 Å². The molecule has 0 spiro atoms. The quantitative estimate of drug-likeness (QED) is 0.750. The first-order valence-electron chi connectivity index (χ1n) is 7.09. The lowest BCUT2D eigenvalue weighted by Crippen LogP contribution is -2.32. The molecular formula is C15H27N3S. The van der Waals surface area contributed by atoms with Crippen LogP contribution in [0.4, 0.5) is 5.82 Å². The van der Waals surface area contributed by atoms with Crippen molar-refractivity contribution < 1.29 is 0 Å². The van der Waals surface area contributed by atoms with Crippen LogP contribution in [0, 0.1) is 0 Å². The number of nitrogens with zero attached hydrogens (tertiary/aromatic N) is 2. The summed E-state index contributed by atoms with van der Waals surface area (Å²) in [6.07, 6.45) is 6.48. The second-order valence-corrected chi connectivity index (χ2v) is 5.82. The summed E-state index contributed by atoms with van der Waals surface area (Å²) in [5.74, 6) is 2.17. The fourth-order valence-electron chi connectivity index (χ4n) is 2.04. The van der Waals surface area contributed by atoms with Crippen molar-refractivity contribution in [3.05, 3.63) is 23.9 Å². The van der Waals surface area contributed by atoms with Gasteiger partial charge in [-0.2, -0.15) is 11.8 Å². The van der Waals surface area contributed by atoms with Crippen molar-refractivity contribution in [2.45, 2.75) is 39.3 Å². The Hall–Kier alpha value is -0.740. The van der Waals surface area contributed by atoms with E-state index < -0.39 is 0 Å². The Morgan fingerprint density at radius 1 is 1.37 bits per heavy atom. The van der Waals surface area contributed by atoms with E-state index in [-0.39, 0.29) is 0 Å². The average Bonchev–Trinajstić information content (AvgIpc) is 2.43. The number of hydrogen-bond donors (Lipinski definition) is 1. The van der Waals surface area contributed by atoms with Crippen LogP contribution in [0.2, 0.25) is 0 Å². The summed E-state index contributed by atoms with van der Waals surface area (Å²) in [7, 11) is 2.20. The second kappa shape index (κ2) is 9.21. The predicted molar refractivity (Wildman–Crippen MR) is 86.9 cm³/mol. The zero-order chi connectivity index (χ0) is 14.1. The van der Waals surface area contributed by atoms with E-state index in [1.165, 1.54) is 17.7 Å². The van der Waals surface area contributed by atoms with Gasteiger partial charge in [-0.05, 0) is 37.8 Å². The molecular weight excluding hydrogens is 254 g/mol. The van der Waals surface area contributed by atoms with Gasteiger partial charge < -0.3 is 5.32 Å². The lowest BCUT2D eigenvalue weighted by molar-refractivity contribution is 0.247. The Balaban J connectivity index is 2.51. The van der Waals surface area contributed by atoms with Gasteiger partial charge in [0.05, 0.1) is 0 Å². The van der Waals surface area contributed by atoms with Gasteiger partial charge in [0, 0.05) is 31.1 Å². The van der Waals surface area contributed by atoms with Crippen LogP contribution in [0.25, 0.3) is 0 Å². The molecule has 0 amide bonds. The van der Waals surface area contributed by atoms with E-state index in [0.717, 1.165) is 25.3 Å². The number of thioether (sulfide) groups is 1. The monoisotopic (exact) mass is 281 g/mol. The molecule has 0 aliphatic rings. The van der Waals surface area contributed by atoms with E-state index in [1.54, 1.807) is 0 Å². The maximum absolute atomic E-state index is 4.46. The van der Waals surface area contributed by atoms with Crippen molar-refractivity contribution in [2.75, 3.05) is 30.9 Å². The van der Waals surface area contributed by atoms with Crippen molar-refractivity contribution in [1.29, 1.82) is 0 Å². The molecule has 4 heteroatoms. The predicted octanol–water partition coefficient (Wildman–Crippen LogP) is 3.48. The molecule has 0 bridgehead atoms. The molecule has 0 saturated heterocycles. The molecule has 3 nitrogen and oxygen atoms in total. The largest absolute Gasteiger partial charge is 0.370 e. The van der Waals surface area contributed by atoms with Crippen LogP contribution in [0.1, 0.15) is 32.3 Å². The molecule has 0 fully saturated rings. The van der Waals surface area contributed by atoms with Crippen molar-refractivity contribution in [2.24, 2.45) is 0 Å². The van der Waals surface area contributed by atoms with Gasteiger partial charge >= 0.3 is 0 Å². The number of rotatable bonds is 9. The summed E-state index contributed by atoms with van der Waals surface area (Å²) >= 11 is 1.92. The fraction of sp³-hybridized carbons (Fsp3) is 0.667. The van der Waals surface area contributed by atoms with Gasteiger partial charge in [-0.3, -0.25) is 4.90 Å². The molecule has 1 aromatic heterocycles. The third-order valence-corrected chi connectivity index (χ3v) is 3.98. The summed E-state index contributed by atoms with van der Waals surface area (Å²) in [5.41, 5.74) is 1.28. The first-order chi connectivity index (χ1) is 9.21. The Morgan fingerprint density at radius 2 is 2.16 bits per heavy atom. The first-order valence-corrected chi connectivity index (χ1v) is 8.48. The summed E-state index contributed by atoms with van der Waals surface area (Å²) in [4.78, 5) is 6.88. The van der Waals surface area contributed by atoms with Gasteiger partial charge in [0.25, 0.3) is 0 Å². The Morgan fingerprint density at radius 3 is 2.68 bits per heavy atom. The third-order valence-electron chi connectivity index (χ3n) is 3.27. The molecule has 1 atom stereocenters. The molecule has 19 heavy (non-hydrogen) atoms. The molecule has 0 aliphatic heterocycles. The highest BCUT2D eigenvalue weighted by atomic mass is 32.2. The van der Waals surface area contributed by atoms with Gasteiger partial charge in [0.15, 0.2) is 0 Å². The summed E-state index contributed by atoms with van der Waals surface area (Å²) in [6, 6.07) is 4.90. The van der Waals surface area contributed by atoms with Gasteiger partial charge in [-0.1, -0.05) is 19.9 Å². The smallest absolute Gasteiger partial charge is 0.125 e. The topological polar surface area (TPSA) is 28.2 Å². The van der Waals surface area contributed by atoms with E-state index >= 15 is 0 Å². The lowest BCUT2D eigenvalue weighted by Gasteiger charge is -2.26. The number of aromatic nitrogens is 1. The fourth-order valence-corrected chi connectivity index (χ4v) is 2.92. The van der Waals surface area contributed by atoms with Crippen LogP contribution in [0.15, 0.2) is 18.3 Å². The highest BCUT2D eigenvalue weighted by Crippen LogP contribution is 2.13. The molecule has 1 unspecified atom stereocenters. The number of anilines is 1. The van der Waals surface area contributed by atoms with Crippen LogP contribution < -0.4 is 5.32 Å². The van der Waals surface area contributed by atoms with E-state index in [4.69, 9.17) is 0 Å². The Kier molecular flexibility index (Phi) is 7.91. The molecule has 0 aliphatic carbocycles. The van der Waals surface area contributed by atoms with Crippen LogP contribution >= 0.6 is 11.8 Å². The number of pyridine rings is 1. The highest BCUT2D eigenvalue weighted by Gasteiger charge is 2.12. The minimum Gasteiger partial charge on any atom is -0.370 e. The van der Waals surface area contributed by atoms with E-state index in [1.807, 2.05) is 18.0 Å². The summed E-state index contributed by atoms with van der Waals surface area (Å²) in [5, 5.41) is 3.30. The van der Waals surface area contributed by atoms with Crippen LogP contribution in [0.3, 0.4) is 0 Å². The van der Waals surface area contributed by atoms with Gasteiger partial charge in [-0.25, -0.2) is 4.98 Å². The van der Waals surface area contributed by atoms with Crippen LogP contribution in [-0.2, 0) is 6.54 Å². The van der Waals surface area contributed by atoms with Crippen LogP contribution in [-0.4, -0.2) is 41.5 Å². The van der Waals surface area contributed by atoms with Gasteiger partial charge in [0.2, 0.25) is 0 Å². The zero-order valence-electron chi connectivity index (χ0n) is 12.6. The Bertz CT molecular complexity index is 340. The molecule has 1 aromatic rings. The molecule has 0 radical (unpaired) electrons. The second-order valence-electron chi connectivity index (χ2n) is 4.91. The van der Waals surface area contributed by atoms with Crippen molar-refractivity contribution in [3.8, 4) is 0 Å². The zero-order valence-corrected chi connectivity index (χ0v) is 13.5. The maximum atomic E-state index is 4.46. The summed E-state index contributed by atoms with van der Waals surface area (Å²) in [6.45, 7) is 6.37. The van der Waals surface area contributed by atoms with E-state index in [0.29, 0.717) is 6.04 Å². The van der Waals surface area contributed by atoms with Crippen molar-refractivity contribution in [3.63, 3.8) is 0 Å².